The maximum absolute atomic E-state index is 13.1. The molecule has 0 spiro atoms. The van der Waals surface area contributed by atoms with Crippen molar-refractivity contribution in [1.82, 2.24) is 10.2 Å². The highest BCUT2D eigenvalue weighted by atomic mass is 16.5. The SMILES string of the molecule is COc1ccc(NC(=O)[C@H]2CCCN2C(=O)[C@@H]2Cc3ccccc3CN2)cc1. The van der Waals surface area contributed by atoms with E-state index in [0.717, 1.165) is 12.2 Å². The number of ether oxygens (including phenoxy) is 1. The fourth-order valence-corrected chi connectivity index (χ4v) is 4.03. The summed E-state index contributed by atoms with van der Waals surface area (Å²) >= 11 is 0. The Morgan fingerprint density at radius 3 is 2.61 bits per heavy atom. The summed E-state index contributed by atoms with van der Waals surface area (Å²) < 4.78 is 5.14. The second kappa shape index (κ2) is 8.02. The highest BCUT2D eigenvalue weighted by molar-refractivity contribution is 5.98. The molecule has 146 valence electrons. The smallest absolute Gasteiger partial charge is 0.247 e. The predicted molar refractivity (Wildman–Crippen MR) is 107 cm³/mol. The molecule has 0 saturated carbocycles. The summed E-state index contributed by atoms with van der Waals surface area (Å²) in [4.78, 5) is 27.7. The first-order valence-electron chi connectivity index (χ1n) is 9.71. The first-order valence-corrected chi connectivity index (χ1v) is 9.71. The molecule has 0 aromatic heterocycles. The van der Waals surface area contributed by atoms with Crippen molar-refractivity contribution in [1.29, 1.82) is 0 Å². The van der Waals surface area contributed by atoms with Crippen LogP contribution in [-0.4, -0.2) is 42.5 Å². The third-order valence-corrected chi connectivity index (χ3v) is 5.58. The van der Waals surface area contributed by atoms with Crippen LogP contribution in [0.25, 0.3) is 0 Å². The predicted octanol–water partition coefficient (Wildman–Crippen LogP) is 2.34. The Balaban J connectivity index is 1.42. The highest BCUT2D eigenvalue weighted by Gasteiger charge is 2.38. The number of amides is 2. The van der Waals surface area contributed by atoms with Gasteiger partial charge in [0.15, 0.2) is 0 Å². The fourth-order valence-electron chi connectivity index (χ4n) is 4.03. The highest BCUT2D eigenvalue weighted by Crippen LogP contribution is 2.24. The molecule has 6 nitrogen and oxygen atoms in total. The second-order valence-electron chi connectivity index (χ2n) is 7.31. The van der Waals surface area contributed by atoms with Crippen LogP contribution < -0.4 is 15.4 Å². The maximum atomic E-state index is 13.1. The normalized spacial score (nSPS) is 21.1. The van der Waals surface area contributed by atoms with E-state index in [1.165, 1.54) is 11.1 Å². The summed E-state index contributed by atoms with van der Waals surface area (Å²) in [5.41, 5.74) is 3.15. The van der Waals surface area contributed by atoms with Crippen molar-refractivity contribution in [2.24, 2.45) is 0 Å². The zero-order valence-corrected chi connectivity index (χ0v) is 16.0. The van der Waals surface area contributed by atoms with Gasteiger partial charge in [-0.2, -0.15) is 0 Å². The Kier molecular flexibility index (Phi) is 5.30. The van der Waals surface area contributed by atoms with Crippen molar-refractivity contribution in [2.75, 3.05) is 19.0 Å². The summed E-state index contributed by atoms with van der Waals surface area (Å²) in [6.07, 6.45) is 2.20. The van der Waals surface area contributed by atoms with E-state index >= 15 is 0 Å². The quantitative estimate of drug-likeness (QED) is 0.856. The van der Waals surface area contributed by atoms with Crippen LogP contribution in [0.1, 0.15) is 24.0 Å². The number of likely N-dealkylation sites (tertiary alicyclic amines) is 1. The summed E-state index contributed by atoms with van der Waals surface area (Å²) in [6, 6.07) is 14.7. The Morgan fingerprint density at radius 1 is 1.11 bits per heavy atom. The van der Waals surface area contributed by atoms with Gasteiger partial charge >= 0.3 is 0 Å². The van der Waals surface area contributed by atoms with Crippen LogP contribution in [0.15, 0.2) is 48.5 Å². The number of rotatable bonds is 4. The molecule has 2 aliphatic rings. The van der Waals surface area contributed by atoms with Crippen molar-refractivity contribution in [2.45, 2.75) is 37.9 Å². The third-order valence-electron chi connectivity index (χ3n) is 5.58. The molecule has 2 atom stereocenters. The molecule has 2 aromatic carbocycles. The molecule has 1 fully saturated rings. The Morgan fingerprint density at radius 2 is 1.86 bits per heavy atom. The number of benzene rings is 2. The molecule has 0 aliphatic carbocycles. The Bertz CT molecular complexity index is 866. The number of hydrogen-bond acceptors (Lipinski definition) is 4. The molecule has 6 heteroatoms. The second-order valence-corrected chi connectivity index (χ2v) is 7.31. The van der Waals surface area contributed by atoms with Gasteiger partial charge in [0.05, 0.1) is 13.2 Å². The largest absolute Gasteiger partial charge is 0.497 e. The first-order chi connectivity index (χ1) is 13.7. The van der Waals surface area contributed by atoms with Crippen LogP contribution >= 0.6 is 0 Å². The van der Waals surface area contributed by atoms with Crippen molar-refractivity contribution in [3.05, 3.63) is 59.7 Å². The molecule has 0 radical (unpaired) electrons. The van der Waals surface area contributed by atoms with Crippen molar-refractivity contribution in [3.63, 3.8) is 0 Å². The molecular formula is C22H25N3O3. The molecular weight excluding hydrogens is 354 g/mol. The zero-order chi connectivity index (χ0) is 19.5. The minimum absolute atomic E-state index is 0.0156. The first kappa shape index (κ1) is 18.5. The van der Waals surface area contributed by atoms with E-state index in [2.05, 4.69) is 22.8 Å². The molecule has 1 saturated heterocycles. The fraction of sp³-hybridized carbons (Fsp3) is 0.364. The number of nitrogens with one attached hydrogen (secondary N) is 2. The Labute approximate surface area is 164 Å². The lowest BCUT2D eigenvalue weighted by molar-refractivity contribution is -0.138. The van der Waals surface area contributed by atoms with Gasteiger partial charge in [0, 0.05) is 18.8 Å². The van der Waals surface area contributed by atoms with Gasteiger partial charge in [0.25, 0.3) is 0 Å². The third kappa shape index (κ3) is 3.73. The number of carbonyl (C=O) groups is 2. The van der Waals surface area contributed by atoms with E-state index in [1.54, 1.807) is 36.3 Å². The van der Waals surface area contributed by atoms with E-state index < -0.39 is 6.04 Å². The molecule has 0 unspecified atom stereocenters. The van der Waals surface area contributed by atoms with E-state index in [1.807, 2.05) is 12.1 Å². The van der Waals surface area contributed by atoms with Gasteiger partial charge < -0.3 is 20.3 Å². The lowest BCUT2D eigenvalue weighted by Gasteiger charge is -2.31. The average molecular weight is 379 g/mol. The number of methoxy groups -OCH3 is 1. The van der Waals surface area contributed by atoms with Crippen molar-refractivity contribution in [3.8, 4) is 5.75 Å². The monoisotopic (exact) mass is 379 g/mol. The van der Waals surface area contributed by atoms with Crippen molar-refractivity contribution < 1.29 is 14.3 Å². The van der Waals surface area contributed by atoms with Gasteiger partial charge in [-0.1, -0.05) is 24.3 Å². The van der Waals surface area contributed by atoms with Crippen LogP contribution in [0.5, 0.6) is 5.75 Å². The average Bonchev–Trinajstić information content (AvgIpc) is 3.23. The molecule has 0 bridgehead atoms. The minimum Gasteiger partial charge on any atom is -0.497 e. The van der Waals surface area contributed by atoms with Crippen LogP contribution in [-0.2, 0) is 22.6 Å². The molecule has 2 aromatic rings. The van der Waals surface area contributed by atoms with E-state index in [-0.39, 0.29) is 17.9 Å². The molecule has 2 aliphatic heterocycles. The topological polar surface area (TPSA) is 70.7 Å². The Hall–Kier alpha value is -2.86. The zero-order valence-electron chi connectivity index (χ0n) is 16.0. The van der Waals surface area contributed by atoms with Gasteiger partial charge in [-0.15, -0.1) is 0 Å². The van der Waals surface area contributed by atoms with Gasteiger partial charge in [-0.25, -0.2) is 0 Å². The molecule has 28 heavy (non-hydrogen) atoms. The number of nitrogens with zero attached hydrogens (tertiary/aromatic N) is 1. The number of fused-ring (bicyclic) bond motifs is 1. The molecule has 2 amide bonds. The van der Waals surface area contributed by atoms with Crippen LogP contribution in [0, 0.1) is 0 Å². The number of anilines is 1. The van der Waals surface area contributed by atoms with E-state index in [4.69, 9.17) is 4.74 Å². The van der Waals surface area contributed by atoms with Gasteiger partial charge in [0.2, 0.25) is 11.8 Å². The molecule has 2 heterocycles. The van der Waals surface area contributed by atoms with Crippen LogP contribution in [0.2, 0.25) is 0 Å². The summed E-state index contributed by atoms with van der Waals surface area (Å²) in [5.74, 6) is 0.619. The minimum atomic E-state index is -0.423. The molecule has 4 rings (SSSR count). The van der Waals surface area contributed by atoms with Crippen molar-refractivity contribution >= 4 is 17.5 Å². The van der Waals surface area contributed by atoms with Gasteiger partial charge in [-0.05, 0) is 54.7 Å². The van der Waals surface area contributed by atoms with Crippen LogP contribution in [0.4, 0.5) is 5.69 Å². The standard InChI is InChI=1S/C22H25N3O3/c1-28-18-10-8-17(9-11-18)24-21(26)20-7-4-12-25(20)22(27)19-13-15-5-2-3-6-16(15)14-23-19/h2-3,5-6,8-11,19-20,23H,4,7,12-14H2,1H3,(H,24,26)/t19-,20+/m0/s1. The number of carbonyl (C=O) groups excluding carboxylic acids is 2. The lowest BCUT2D eigenvalue weighted by Crippen LogP contribution is -2.53. The van der Waals surface area contributed by atoms with E-state index in [9.17, 15) is 9.59 Å². The van der Waals surface area contributed by atoms with Gasteiger partial charge in [-0.3, -0.25) is 9.59 Å². The maximum Gasteiger partial charge on any atom is 0.247 e. The van der Waals surface area contributed by atoms with E-state index in [0.29, 0.717) is 31.6 Å². The summed E-state index contributed by atoms with van der Waals surface area (Å²) in [6.45, 7) is 1.31. The summed E-state index contributed by atoms with van der Waals surface area (Å²) in [5, 5.41) is 6.27. The molecule has 2 N–H and O–H groups in total. The lowest BCUT2D eigenvalue weighted by atomic mass is 9.95. The number of hydrogen-bond donors (Lipinski definition) is 2. The summed E-state index contributed by atoms with van der Waals surface area (Å²) in [7, 11) is 1.60. The van der Waals surface area contributed by atoms with Crippen LogP contribution in [0.3, 0.4) is 0 Å². The van der Waals surface area contributed by atoms with Gasteiger partial charge in [0.1, 0.15) is 11.8 Å².